The van der Waals surface area contributed by atoms with Crippen molar-refractivity contribution in [3.8, 4) is 0 Å². The molecule has 96 valence electrons. The SMILES string of the molecule is CCCc1cc(NC(=O)NC(C)CO)n(C)n1. The third kappa shape index (κ3) is 4.07. The Morgan fingerprint density at radius 3 is 2.94 bits per heavy atom. The minimum atomic E-state index is -0.336. The Bertz CT molecular complexity index is 376. The van der Waals surface area contributed by atoms with Crippen molar-refractivity contribution in [3.05, 3.63) is 11.8 Å². The Morgan fingerprint density at radius 1 is 1.65 bits per heavy atom. The molecule has 1 aromatic rings. The fourth-order valence-corrected chi connectivity index (χ4v) is 1.44. The molecule has 0 fully saturated rings. The molecule has 1 aromatic heterocycles. The Balaban J connectivity index is 2.58. The number of urea groups is 1. The largest absolute Gasteiger partial charge is 0.394 e. The van der Waals surface area contributed by atoms with E-state index < -0.39 is 0 Å². The maximum atomic E-state index is 11.5. The predicted molar refractivity (Wildman–Crippen MR) is 65.9 cm³/mol. The number of hydrogen-bond acceptors (Lipinski definition) is 3. The van der Waals surface area contributed by atoms with Crippen LogP contribution in [0.5, 0.6) is 0 Å². The lowest BCUT2D eigenvalue weighted by atomic mass is 10.2. The van der Waals surface area contributed by atoms with Crippen LogP contribution < -0.4 is 10.6 Å². The van der Waals surface area contributed by atoms with Crippen molar-refractivity contribution in [2.24, 2.45) is 7.05 Å². The minimum absolute atomic E-state index is 0.0834. The van der Waals surface area contributed by atoms with E-state index >= 15 is 0 Å². The van der Waals surface area contributed by atoms with E-state index in [1.165, 1.54) is 0 Å². The number of rotatable bonds is 5. The van der Waals surface area contributed by atoms with Gasteiger partial charge in [0.15, 0.2) is 0 Å². The molecule has 1 unspecified atom stereocenters. The van der Waals surface area contributed by atoms with E-state index in [2.05, 4.69) is 22.7 Å². The van der Waals surface area contributed by atoms with Gasteiger partial charge in [0, 0.05) is 13.1 Å². The van der Waals surface area contributed by atoms with Gasteiger partial charge in [-0.25, -0.2) is 4.79 Å². The average molecular weight is 240 g/mol. The lowest BCUT2D eigenvalue weighted by Gasteiger charge is -2.11. The molecule has 0 saturated heterocycles. The maximum absolute atomic E-state index is 11.5. The zero-order valence-corrected chi connectivity index (χ0v) is 10.5. The van der Waals surface area contributed by atoms with Gasteiger partial charge in [0.25, 0.3) is 0 Å². The Labute approximate surface area is 101 Å². The fraction of sp³-hybridized carbons (Fsp3) is 0.636. The summed E-state index contributed by atoms with van der Waals surface area (Å²) in [6.45, 7) is 3.72. The predicted octanol–water partition coefficient (Wildman–Crippen LogP) is 0.875. The highest BCUT2D eigenvalue weighted by Gasteiger charge is 2.09. The summed E-state index contributed by atoms with van der Waals surface area (Å²) in [6, 6.07) is 1.25. The molecule has 0 aliphatic heterocycles. The molecular formula is C11H20N4O2. The van der Waals surface area contributed by atoms with Crippen LogP contribution in [0.25, 0.3) is 0 Å². The van der Waals surface area contributed by atoms with E-state index in [-0.39, 0.29) is 18.7 Å². The molecule has 17 heavy (non-hydrogen) atoms. The van der Waals surface area contributed by atoms with E-state index in [0.29, 0.717) is 5.82 Å². The van der Waals surface area contributed by atoms with Gasteiger partial charge >= 0.3 is 6.03 Å². The van der Waals surface area contributed by atoms with Gasteiger partial charge in [-0.3, -0.25) is 10.00 Å². The number of nitrogens with one attached hydrogen (secondary N) is 2. The van der Waals surface area contributed by atoms with Crippen molar-refractivity contribution >= 4 is 11.8 Å². The topological polar surface area (TPSA) is 79.2 Å². The van der Waals surface area contributed by atoms with Crippen LogP contribution in [-0.2, 0) is 13.5 Å². The molecule has 6 heteroatoms. The summed E-state index contributed by atoms with van der Waals surface area (Å²) < 4.78 is 1.63. The van der Waals surface area contributed by atoms with Gasteiger partial charge in [0.05, 0.1) is 18.3 Å². The summed E-state index contributed by atoms with van der Waals surface area (Å²) in [7, 11) is 1.78. The van der Waals surface area contributed by atoms with Crippen molar-refractivity contribution in [1.29, 1.82) is 0 Å². The number of nitrogens with zero attached hydrogens (tertiary/aromatic N) is 2. The molecular weight excluding hydrogens is 220 g/mol. The normalized spacial score (nSPS) is 12.2. The number of carbonyl (C=O) groups excluding carboxylic acids is 1. The summed E-state index contributed by atoms with van der Waals surface area (Å²) in [5.41, 5.74) is 0.959. The molecule has 1 atom stereocenters. The quantitative estimate of drug-likeness (QED) is 0.714. The maximum Gasteiger partial charge on any atom is 0.320 e. The van der Waals surface area contributed by atoms with E-state index in [0.717, 1.165) is 18.5 Å². The first-order valence-corrected chi connectivity index (χ1v) is 5.78. The number of aliphatic hydroxyl groups excluding tert-OH is 1. The molecule has 0 saturated carbocycles. The lowest BCUT2D eigenvalue weighted by Crippen LogP contribution is -2.38. The molecule has 2 amide bonds. The van der Waals surface area contributed by atoms with Crippen LogP contribution >= 0.6 is 0 Å². The number of aryl methyl sites for hydroxylation is 2. The summed E-state index contributed by atoms with van der Waals surface area (Å²) in [4.78, 5) is 11.5. The second kappa shape index (κ2) is 6.24. The molecule has 0 bridgehead atoms. The van der Waals surface area contributed by atoms with E-state index in [9.17, 15) is 4.79 Å². The van der Waals surface area contributed by atoms with Gasteiger partial charge < -0.3 is 10.4 Å². The number of aromatic nitrogens is 2. The summed E-state index contributed by atoms with van der Waals surface area (Å²) >= 11 is 0. The first-order chi connectivity index (χ1) is 8.06. The molecule has 1 heterocycles. The van der Waals surface area contributed by atoms with Gasteiger partial charge in [-0.2, -0.15) is 5.10 Å². The second-order valence-electron chi connectivity index (χ2n) is 4.08. The highest BCUT2D eigenvalue weighted by atomic mass is 16.3. The fourth-order valence-electron chi connectivity index (χ4n) is 1.44. The highest BCUT2D eigenvalue weighted by molar-refractivity contribution is 5.88. The smallest absolute Gasteiger partial charge is 0.320 e. The van der Waals surface area contributed by atoms with Crippen molar-refractivity contribution in [2.75, 3.05) is 11.9 Å². The number of amides is 2. The van der Waals surface area contributed by atoms with Crippen molar-refractivity contribution in [1.82, 2.24) is 15.1 Å². The summed E-state index contributed by atoms with van der Waals surface area (Å²) in [5, 5.41) is 18.4. The minimum Gasteiger partial charge on any atom is -0.394 e. The zero-order chi connectivity index (χ0) is 12.8. The number of carbonyl (C=O) groups is 1. The summed E-state index contributed by atoms with van der Waals surface area (Å²) in [5.74, 6) is 0.649. The second-order valence-corrected chi connectivity index (χ2v) is 4.08. The van der Waals surface area contributed by atoms with Crippen LogP contribution in [0, 0.1) is 0 Å². The van der Waals surface area contributed by atoms with Gasteiger partial charge in [-0.15, -0.1) is 0 Å². The van der Waals surface area contributed by atoms with Gasteiger partial charge in [0.1, 0.15) is 5.82 Å². The highest BCUT2D eigenvalue weighted by Crippen LogP contribution is 2.10. The third-order valence-electron chi connectivity index (χ3n) is 2.33. The van der Waals surface area contributed by atoms with Gasteiger partial charge in [-0.05, 0) is 13.3 Å². The van der Waals surface area contributed by atoms with Crippen molar-refractivity contribution < 1.29 is 9.90 Å². The molecule has 1 rings (SSSR count). The Morgan fingerprint density at radius 2 is 2.35 bits per heavy atom. The Hall–Kier alpha value is -1.56. The van der Waals surface area contributed by atoms with E-state index in [1.807, 2.05) is 6.07 Å². The van der Waals surface area contributed by atoms with Gasteiger partial charge in [0.2, 0.25) is 0 Å². The third-order valence-corrected chi connectivity index (χ3v) is 2.33. The number of anilines is 1. The first kappa shape index (κ1) is 13.5. The van der Waals surface area contributed by atoms with Crippen LogP contribution in [0.3, 0.4) is 0 Å². The van der Waals surface area contributed by atoms with Crippen LogP contribution in [-0.4, -0.2) is 33.6 Å². The molecule has 0 aromatic carbocycles. The molecule has 0 aliphatic carbocycles. The Kier molecular flexibility index (Phi) is 4.96. The molecule has 3 N–H and O–H groups in total. The molecule has 0 spiro atoms. The van der Waals surface area contributed by atoms with Gasteiger partial charge in [-0.1, -0.05) is 13.3 Å². The van der Waals surface area contributed by atoms with Crippen LogP contribution in [0.4, 0.5) is 10.6 Å². The van der Waals surface area contributed by atoms with Crippen LogP contribution in [0.15, 0.2) is 6.07 Å². The number of hydrogen-bond donors (Lipinski definition) is 3. The average Bonchev–Trinajstić information content (AvgIpc) is 2.59. The first-order valence-electron chi connectivity index (χ1n) is 5.78. The van der Waals surface area contributed by atoms with Crippen LogP contribution in [0.2, 0.25) is 0 Å². The van der Waals surface area contributed by atoms with Crippen LogP contribution in [0.1, 0.15) is 26.0 Å². The summed E-state index contributed by atoms with van der Waals surface area (Å²) in [6.07, 6.45) is 1.91. The van der Waals surface area contributed by atoms with E-state index in [4.69, 9.17) is 5.11 Å². The number of aliphatic hydroxyl groups is 1. The van der Waals surface area contributed by atoms with Crippen molar-refractivity contribution in [2.45, 2.75) is 32.7 Å². The molecule has 0 radical (unpaired) electrons. The van der Waals surface area contributed by atoms with Crippen molar-refractivity contribution in [3.63, 3.8) is 0 Å². The lowest BCUT2D eigenvalue weighted by molar-refractivity contribution is 0.229. The standard InChI is InChI=1S/C11H20N4O2/c1-4-5-9-6-10(15(3)14-9)13-11(17)12-8(2)7-16/h6,8,16H,4-5,7H2,1-3H3,(H2,12,13,17). The van der Waals surface area contributed by atoms with E-state index in [1.54, 1.807) is 18.7 Å². The zero-order valence-electron chi connectivity index (χ0n) is 10.5. The molecule has 6 nitrogen and oxygen atoms in total. The monoisotopic (exact) mass is 240 g/mol. The molecule has 0 aliphatic rings.